The second-order valence-electron chi connectivity index (χ2n) is 5.78. The first-order valence-electron chi connectivity index (χ1n) is 6.44. The van der Waals surface area contributed by atoms with E-state index >= 15 is 0 Å². The van der Waals surface area contributed by atoms with Gasteiger partial charge in [-0.3, -0.25) is 4.79 Å². The Morgan fingerprint density at radius 1 is 1.24 bits per heavy atom. The quantitative estimate of drug-likeness (QED) is 0.866. The van der Waals surface area contributed by atoms with E-state index in [0.29, 0.717) is 5.41 Å². The van der Waals surface area contributed by atoms with Crippen LogP contribution < -0.4 is 0 Å². The molecule has 0 bridgehead atoms. The fourth-order valence-corrected chi connectivity index (χ4v) is 4.78. The van der Waals surface area contributed by atoms with Gasteiger partial charge in [0.15, 0.2) is 0 Å². The van der Waals surface area contributed by atoms with E-state index in [1.54, 1.807) is 11.3 Å². The van der Waals surface area contributed by atoms with Gasteiger partial charge in [0.05, 0.1) is 0 Å². The molecule has 1 spiro atoms. The minimum atomic E-state index is -0.615. The highest BCUT2D eigenvalue weighted by Gasteiger charge is 2.60. The smallest absolute Gasteiger partial charge is 0.315 e. The van der Waals surface area contributed by atoms with E-state index in [-0.39, 0.29) is 0 Å². The number of thiophene rings is 1. The van der Waals surface area contributed by atoms with Crippen molar-refractivity contribution in [3.05, 3.63) is 22.4 Å². The van der Waals surface area contributed by atoms with Crippen molar-refractivity contribution >= 4 is 17.3 Å². The first-order chi connectivity index (χ1) is 8.17. The molecule has 3 rings (SSSR count). The molecule has 0 aliphatic heterocycles. The normalized spacial score (nSPS) is 25.4. The zero-order valence-corrected chi connectivity index (χ0v) is 10.8. The van der Waals surface area contributed by atoms with Crippen molar-refractivity contribution in [2.75, 3.05) is 0 Å². The molecule has 0 saturated heterocycles. The van der Waals surface area contributed by atoms with Gasteiger partial charge < -0.3 is 5.11 Å². The molecule has 17 heavy (non-hydrogen) atoms. The van der Waals surface area contributed by atoms with E-state index < -0.39 is 11.4 Å². The predicted octanol–water partition coefficient (Wildman–Crippen LogP) is 3.81. The standard InChI is InChI=1S/C14H18O2S/c15-12(16)14(11-5-4-8-17-11)9-13(10-14)6-2-1-3-7-13/h4-5,8H,1-3,6-7,9-10H2,(H,15,16). The molecule has 0 aromatic carbocycles. The zero-order valence-electron chi connectivity index (χ0n) is 9.95. The average molecular weight is 250 g/mol. The third-order valence-corrected chi connectivity index (χ3v) is 5.74. The maximum atomic E-state index is 11.6. The summed E-state index contributed by atoms with van der Waals surface area (Å²) in [4.78, 5) is 12.7. The number of carboxylic acid groups (broad SMARTS) is 1. The van der Waals surface area contributed by atoms with Crippen LogP contribution in [0.5, 0.6) is 0 Å². The molecule has 2 fully saturated rings. The molecule has 0 radical (unpaired) electrons. The van der Waals surface area contributed by atoms with Gasteiger partial charge in [-0.2, -0.15) is 0 Å². The van der Waals surface area contributed by atoms with Gasteiger partial charge in [-0.05, 0) is 42.5 Å². The van der Waals surface area contributed by atoms with Crippen LogP contribution in [-0.2, 0) is 10.2 Å². The molecule has 1 aromatic heterocycles. The summed E-state index contributed by atoms with van der Waals surface area (Å²) in [5, 5.41) is 11.6. The first kappa shape index (κ1) is 11.3. The Balaban J connectivity index is 1.84. The molecule has 0 unspecified atom stereocenters. The first-order valence-corrected chi connectivity index (χ1v) is 7.32. The van der Waals surface area contributed by atoms with Crippen LogP contribution in [0.2, 0.25) is 0 Å². The number of carboxylic acids is 1. The van der Waals surface area contributed by atoms with Crippen LogP contribution >= 0.6 is 11.3 Å². The Kier molecular flexibility index (Phi) is 2.54. The van der Waals surface area contributed by atoms with Gasteiger partial charge in [0.25, 0.3) is 0 Å². The molecule has 2 aliphatic rings. The van der Waals surface area contributed by atoms with Crippen LogP contribution in [0, 0.1) is 5.41 Å². The Bertz CT molecular complexity index is 407. The summed E-state index contributed by atoms with van der Waals surface area (Å²) in [6.45, 7) is 0. The Morgan fingerprint density at radius 3 is 2.47 bits per heavy atom. The van der Waals surface area contributed by atoms with Crippen LogP contribution in [0.1, 0.15) is 49.8 Å². The van der Waals surface area contributed by atoms with Crippen molar-refractivity contribution in [3.63, 3.8) is 0 Å². The van der Waals surface area contributed by atoms with E-state index in [0.717, 1.165) is 17.7 Å². The SMILES string of the molecule is O=C(O)C1(c2cccs2)CC2(CCCCC2)C1. The molecule has 1 aromatic rings. The van der Waals surface area contributed by atoms with Crippen molar-refractivity contribution < 1.29 is 9.90 Å². The second-order valence-corrected chi connectivity index (χ2v) is 6.73. The Hall–Kier alpha value is -0.830. The highest BCUT2D eigenvalue weighted by Crippen LogP contribution is 2.62. The molecule has 3 heteroatoms. The van der Waals surface area contributed by atoms with Crippen LogP contribution in [0.3, 0.4) is 0 Å². The summed E-state index contributed by atoms with van der Waals surface area (Å²) >= 11 is 1.60. The van der Waals surface area contributed by atoms with Crippen LogP contribution in [-0.4, -0.2) is 11.1 Å². The summed E-state index contributed by atoms with van der Waals surface area (Å²) in [6, 6.07) is 3.96. The van der Waals surface area contributed by atoms with Gasteiger partial charge >= 0.3 is 5.97 Å². The zero-order chi connectivity index (χ0) is 11.9. The topological polar surface area (TPSA) is 37.3 Å². The Labute approximate surface area is 106 Å². The number of hydrogen-bond acceptors (Lipinski definition) is 2. The van der Waals surface area contributed by atoms with Gasteiger partial charge in [0.2, 0.25) is 0 Å². The number of carbonyl (C=O) groups is 1. The van der Waals surface area contributed by atoms with Gasteiger partial charge in [-0.1, -0.05) is 25.3 Å². The van der Waals surface area contributed by atoms with E-state index in [2.05, 4.69) is 0 Å². The molecule has 2 nitrogen and oxygen atoms in total. The Morgan fingerprint density at radius 2 is 1.94 bits per heavy atom. The van der Waals surface area contributed by atoms with Crippen LogP contribution in [0.4, 0.5) is 0 Å². The van der Waals surface area contributed by atoms with Crippen molar-refractivity contribution in [1.82, 2.24) is 0 Å². The average Bonchev–Trinajstić information content (AvgIpc) is 2.79. The molecule has 1 N–H and O–H groups in total. The van der Waals surface area contributed by atoms with Gasteiger partial charge in [-0.25, -0.2) is 0 Å². The summed E-state index contributed by atoms with van der Waals surface area (Å²) in [7, 11) is 0. The summed E-state index contributed by atoms with van der Waals surface area (Å²) in [5.74, 6) is -0.615. The molecule has 2 aliphatic carbocycles. The lowest BCUT2D eigenvalue weighted by Crippen LogP contribution is -2.54. The second kappa shape index (κ2) is 3.84. The van der Waals surface area contributed by atoms with Crippen molar-refractivity contribution in [1.29, 1.82) is 0 Å². The third kappa shape index (κ3) is 1.63. The molecular formula is C14H18O2S. The van der Waals surface area contributed by atoms with Gasteiger partial charge in [0.1, 0.15) is 5.41 Å². The largest absolute Gasteiger partial charge is 0.481 e. The molecular weight excluding hydrogens is 232 g/mol. The molecule has 0 atom stereocenters. The van der Waals surface area contributed by atoms with E-state index in [1.165, 1.54) is 32.1 Å². The van der Waals surface area contributed by atoms with Crippen LogP contribution in [0.15, 0.2) is 17.5 Å². The van der Waals surface area contributed by atoms with E-state index in [4.69, 9.17) is 0 Å². The lowest BCUT2D eigenvalue weighted by atomic mass is 9.48. The highest BCUT2D eigenvalue weighted by molar-refractivity contribution is 7.10. The lowest BCUT2D eigenvalue weighted by Gasteiger charge is -2.55. The fourth-order valence-electron chi connectivity index (χ4n) is 3.87. The third-order valence-electron chi connectivity index (χ3n) is 4.67. The van der Waals surface area contributed by atoms with Gasteiger partial charge in [0, 0.05) is 4.88 Å². The summed E-state index contributed by atoms with van der Waals surface area (Å²) in [5.41, 5.74) is -0.188. The molecule has 1 heterocycles. The lowest BCUT2D eigenvalue weighted by molar-refractivity contribution is -0.156. The van der Waals surface area contributed by atoms with E-state index in [1.807, 2.05) is 17.5 Å². The predicted molar refractivity (Wildman–Crippen MR) is 68.4 cm³/mol. The molecule has 2 saturated carbocycles. The van der Waals surface area contributed by atoms with E-state index in [9.17, 15) is 9.90 Å². The number of hydrogen-bond donors (Lipinski definition) is 1. The fraction of sp³-hybridized carbons (Fsp3) is 0.643. The summed E-state index contributed by atoms with van der Waals surface area (Å²) < 4.78 is 0. The summed E-state index contributed by atoms with van der Waals surface area (Å²) in [6.07, 6.45) is 8.15. The molecule has 92 valence electrons. The minimum absolute atomic E-state index is 0.362. The maximum absolute atomic E-state index is 11.6. The van der Waals surface area contributed by atoms with Crippen molar-refractivity contribution in [2.45, 2.75) is 50.4 Å². The maximum Gasteiger partial charge on any atom is 0.315 e. The van der Waals surface area contributed by atoms with Crippen molar-refractivity contribution in [3.8, 4) is 0 Å². The van der Waals surface area contributed by atoms with Crippen LogP contribution in [0.25, 0.3) is 0 Å². The van der Waals surface area contributed by atoms with Crippen molar-refractivity contribution in [2.24, 2.45) is 5.41 Å². The monoisotopic (exact) mass is 250 g/mol. The van der Waals surface area contributed by atoms with Gasteiger partial charge in [-0.15, -0.1) is 11.3 Å². The minimum Gasteiger partial charge on any atom is -0.481 e. The highest BCUT2D eigenvalue weighted by atomic mass is 32.1. The number of rotatable bonds is 2. The molecule has 0 amide bonds. The number of aliphatic carboxylic acids is 1.